The maximum absolute atomic E-state index is 9.14. The minimum atomic E-state index is 0.179. The molecule has 0 radical (unpaired) electrons. The molecule has 86 valence electrons. The van der Waals surface area contributed by atoms with E-state index < -0.39 is 0 Å². The zero-order chi connectivity index (χ0) is 11.0. The first-order valence-corrected chi connectivity index (χ1v) is 6.43. The van der Waals surface area contributed by atoms with Gasteiger partial charge in [-0.15, -0.1) is 0 Å². The van der Waals surface area contributed by atoms with E-state index in [4.69, 9.17) is 9.84 Å². The fraction of sp³-hybridized carbons (Fsp3) is 1.00. The Morgan fingerprint density at radius 2 is 2.07 bits per heavy atom. The molecule has 0 aromatic carbocycles. The summed E-state index contributed by atoms with van der Waals surface area (Å²) in [6, 6.07) is 0.467. The van der Waals surface area contributed by atoms with Crippen molar-refractivity contribution < 1.29 is 9.84 Å². The molecule has 0 aliphatic heterocycles. The van der Waals surface area contributed by atoms with Crippen LogP contribution in [0.15, 0.2) is 0 Å². The molecular weight excluding hydrogens is 198 g/mol. The average molecular weight is 221 g/mol. The molecule has 0 bridgehead atoms. The van der Waals surface area contributed by atoms with E-state index in [9.17, 15) is 0 Å². The Morgan fingerprint density at radius 3 is 2.50 bits per heavy atom. The van der Waals surface area contributed by atoms with E-state index in [1.54, 1.807) is 18.9 Å². The zero-order valence-corrected chi connectivity index (χ0v) is 10.4. The first-order chi connectivity index (χ1) is 6.65. The highest BCUT2D eigenvalue weighted by Crippen LogP contribution is 2.03. The molecule has 0 fully saturated rings. The van der Waals surface area contributed by atoms with Crippen molar-refractivity contribution >= 4 is 11.8 Å². The van der Waals surface area contributed by atoms with Crippen LogP contribution in [0.1, 0.15) is 20.3 Å². The van der Waals surface area contributed by atoms with Crippen molar-refractivity contribution in [1.29, 1.82) is 0 Å². The lowest BCUT2D eigenvalue weighted by Crippen LogP contribution is -2.45. The van der Waals surface area contributed by atoms with E-state index >= 15 is 0 Å². The molecule has 0 heterocycles. The molecule has 3 unspecified atom stereocenters. The molecule has 0 saturated carbocycles. The van der Waals surface area contributed by atoms with Crippen LogP contribution in [-0.4, -0.2) is 49.0 Å². The lowest BCUT2D eigenvalue weighted by atomic mass is 10.1. The Balaban J connectivity index is 3.79. The number of aliphatic hydroxyl groups is 1. The van der Waals surface area contributed by atoms with Crippen LogP contribution in [0.5, 0.6) is 0 Å². The predicted octanol–water partition coefficient (Wildman–Crippen LogP) is 1.11. The minimum absolute atomic E-state index is 0.179. The Labute approximate surface area is 91.6 Å². The summed E-state index contributed by atoms with van der Waals surface area (Å²) in [5.74, 6) is 1.08. The van der Waals surface area contributed by atoms with E-state index in [0.717, 1.165) is 12.2 Å². The third-order valence-electron chi connectivity index (χ3n) is 2.47. The van der Waals surface area contributed by atoms with Gasteiger partial charge in [0, 0.05) is 19.2 Å². The molecule has 0 saturated heterocycles. The molecule has 14 heavy (non-hydrogen) atoms. The average Bonchev–Trinajstić information content (AvgIpc) is 2.22. The molecule has 2 N–H and O–H groups in total. The molecule has 0 rings (SSSR count). The first kappa shape index (κ1) is 14.2. The number of aliphatic hydroxyl groups excluding tert-OH is 1. The van der Waals surface area contributed by atoms with Crippen LogP contribution < -0.4 is 5.32 Å². The maximum atomic E-state index is 9.14. The molecule has 0 amide bonds. The highest BCUT2D eigenvalue weighted by atomic mass is 32.2. The number of methoxy groups -OCH3 is 1. The summed E-state index contributed by atoms with van der Waals surface area (Å²) >= 11 is 1.80. The number of rotatable bonds is 8. The second-order valence-electron chi connectivity index (χ2n) is 3.56. The van der Waals surface area contributed by atoms with Crippen LogP contribution in [0.25, 0.3) is 0 Å². The summed E-state index contributed by atoms with van der Waals surface area (Å²) in [7, 11) is 1.71. The number of nitrogens with one attached hydrogen (secondary N) is 1. The third kappa shape index (κ3) is 5.86. The fourth-order valence-corrected chi connectivity index (χ4v) is 1.72. The van der Waals surface area contributed by atoms with Crippen LogP contribution in [-0.2, 0) is 4.74 Å². The van der Waals surface area contributed by atoms with Crippen LogP contribution in [0.2, 0.25) is 0 Å². The minimum Gasteiger partial charge on any atom is -0.395 e. The van der Waals surface area contributed by atoms with E-state index in [-0.39, 0.29) is 24.8 Å². The van der Waals surface area contributed by atoms with Crippen LogP contribution in [0, 0.1) is 0 Å². The van der Waals surface area contributed by atoms with Gasteiger partial charge in [0.15, 0.2) is 0 Å². The molecule has 0 aromatic heterocycles. The summed E-state index contributed by atoms with van der Waals surface area (Å²) < 4.78 is 5.21. The van der Waals surface area contributed by atoms with E-state index in [2.05, 4.69) is 18.5 Å². The summed E-state index contributed by atoms with van der Waals surface area (Å²) in [6.45, 7) is 4.30. The quantitative estimate of drug-likeness (QED) is 0.644. The summed E-state index contributed by atoms with van der Waals surface area (Å²) in [4.78, 5) is 0. The van der Waals surface area contributed by atoms with Crippen molar-refractivity contribution in [2.75, 3.05) is 25.7 Å². The van der Waals surface area contributed by atoms with Gasteiger partial charge in [0.1, 0.15) is 0 Å². The highest BCUT2D eigenvalue weighted by Gasteiger charge is 2.15. The molecule has 0 spiro atoms. The number of hydrogen-bond donors (Lipinski definition) is 2. The molecule has 0 aliphatic rings. The standard InChI is InChI=1S/C10H23NO2S/c1-8(9(2)13-3)11-10(7-12)5-6-14-4/h8-12H,5-7H2,1-4H3. The van der Waals surface area contributed by atoms with Gasteiger partial charge >= 0.3 is 0 Å². The second kappa shape index (κ2) is 8.53. The normalized spacial score (nSPS) is 17.8. The van der Waals surface area contributed by atoms with Gasteiger partial charge in [0.25, 0.3) is 0 Å². The highest BCUT2D eigenvalue weighted by molar-refractivity contribution is 7.98. The Kier molecular flexibility index (Phi) is 8.67. The largest absolute Gasteiger partial charge is 0.395 e. The molecule has 4 heteroatoms. The smallest absolute Gasteiger partial charge is 0.0693 e. The fourth-order valence-electron chi connectivity index (χ4n) is 1.20. The Morgan fingerprint density at radius 1 is 1.43 bits per heavy atom. The van der Waals surface area contributed by atoms with Crippen molar-refractivity contribution in [1.82, 2.24) is 5.32 Å². The van der Waals surface area contributed by atoms with Gasteiger partial charge < -0.3 is 15.2 Å². The maximum Gasteiger partial charge on any atom is 0.0693 e. The van der Waals surface area contributed by atoms with Gasteiger partial charge in [-0.3, -0.25) is 0 Å². The molecular formula is C10H23NO2S. The van der Waals surface area contributed by atoms with Gasteiger partial charge in [-0.25, -0.2) is 0 Å². The molecule has 3 atom stereocenters. The summed E-state index contributed by atoms with van der Waals surface area (Å²) in [5, 5.41) is 12.5. The topological polar surface area (TPSA) is 41.5 Å². The van der Waals surface area contributed by atoms with Crippen LogP contribution in [0.3, 0.4) is 0 Å². The molecule has 0 aromatic rings. The lowest BCUT2D eigenvalue weighted by molar-refractivity contribution is 0.0794. The van der Waals surface area contributed by atoms with Crippen molar-refractivity contribution in [2.24, 2.45) is 0 Å². The van der Waals surface area contributed by atoms with Gasteiger partial charge in [-0.2, -0.15) is 11.8 Å². The van der Waals surface area contributed by atoms with Crippen LogP contribution >= 0.6 is 11.8 Å². The van der Waals surface area contributed by atoms with Crippen molar-refractivity contribution in [3.05, 3.63) is 0 Å². The van der Waals surface area contributed by atoms with Gasteiger partial charge in [0.05, 0.1) is 12.7 Å². The van der Waals surface area contributed by atoms with E-state index in [1.807, 2.05) is 6.92 Å². The zero-order valence-electron chi connectivity index (χ0n) is 9.62. The summed E-state index contributed by atoms with van der Waals surface area (Å²) in [5.41, 5.74) is 0. The SMILES string of the molecule is COC(C)C(C)NC(CO)CCSC. The number of ether oxygens (including phenoxy) is 1. The first-order valence-electron chi connectivity index (χ1n) is 5.04. The van der Waals surface area contributed by atoms with Gasteiger partial charge in [-0.05, 0) is 32.3 Å². The van der Waals surface area contributed by atoms with Gasteiger partial charge in [0.2, 0.25) is 0 Å². The lowest BCUT2D eigenvalue weighted by Gasteiger charge is -2.25. The third-order valence-corrected chi connectivity index (χ3v) is 3.11. The second-order valence-corrected chi connectivity index (χ2v) is 4.54. The van der Waals surface area contributed by atoms with Crippen molar-refractivity contribution in [3.8, 4) is 0 Å². The number of hydrogen-bond acceptors (Lipinski definition) is 4. The van der Waals surface area contributed by atoms with Crippen molar-refractivity contribution in [2.45, 2.75) is 38.5 Å². The van der Waals surface area contributed by atoms with Gasteiger partial charge in [-0.1, -0.05) is 0 Å². The monoisotopic (exact) mass is 221 g/mol. The summed E-state index contributed by atoms with van der Waals surface area (Å²) in [6.07, 6.45) is 3.26. The van der Waals surface area contributed by atoms with Crippen LogP contribution in [0.4, 0.5) is 0 Å². The molecule has 0 aliphatic carbocycles. The Bertz CT molecular complexity index is 135. The van der Waals surface area contributed by atoms with Crippen molar-refractivity contribution in [3.63, 3.8) is 0 Å². The van der Waals surface area contributed by atoms with E-state index in [0.29, 0.717) is 0 Å². The Hall–Kier alpha value is 0.230. The van der Waals surface area contributed by atoms with E-state index in [1.165, 1.54) is 0 Å². The molecule has 3 nitrogen and oxygen atoms in total. The number of thioether (sulfide) groups is 1. The predicted molar refractivity (Wildman–Crippen MR) is 62.9 cm³/mol.